The lowest BCUT2D eigenvalue weighted by Gasteiger charge is -2.37. The Morgan fingerprint density at radius 3 is 2.68 bits per heavy atom. The maximum atomic E-state index is 12.6. The maximum absolute atomic E-state index is 12.6. The van der Waals surface area contributed by atoms with Crippen LogP contribution in [-0.4, -0.2) is 48.6 Å². The van der Waals surface area contributed by atoms with Crippen LogP contribution in [-0.2, 0) is 14.3 Å². The van der Waals surface area contributed by atoms with Crippen LogP contribution >= 0.6 is 0 Å². The zero-order valence-electron chi connectivity index (χ0n) is 14.9. The van der Waals surface area contributed by atoms with E-state index in [4.69, 9.17) is 10.00 Å². The monoisotopic (exact) mass is 343 g/mol. The Bertz CT molecular complexity index is 627. The van der Waals surface area contributed by atoms with Crippen LogP contribution in [0.3, 0.4) is 0 Å². The molecular formula is C19H25N3O3. The summed E-state index contributed by atoms with van der Waals surface area (Å²) < 4.78 is 5.54. The molecule has 1 aliphatic heterocycles. The molecule has 6 heteroatoms. The summed E-state index contributed by atoms with van der Waals surface area (Å²) in [5, 5.41) is 8.83. The van der Waals surface area contributed by atoms with E-state index in [1.54, 1.807) is 9.80 Å². The number of morpholine rings is 1. The fourth-order valence-electron chi connectivity index (χ4n) is 2.91. The summed E-state index contributed by atoms with van der Waals surface area (Å²) in [6, 6.07) is 11.3. The molecule has 1 aromatic carbocycles. The SMILES string of the molecule is C[C@@H]1CN(C(=O)CCC(=O)N(CCC#N)c2ccccc2)[C@@H](C)CO1. The molecular weight excluding hydrogens is 318 g/mol. The number of carbonyl (C=O) groups is 2. The van der Waals surface area contributed by atoms with Crippen LogP contribution < -0.4 is 4.90 Å². The number of carbonyl (C=O) groups excluding carboxylic acids is 2. The fraction of sp³-hybridized carbons (Fsp3) is 0.526. The average molecular weight is 343 g/mol. The predicted molar refractivity (Wildman–Crippen MR) is 94.8 cm³/mol. The highest BCUT2D eigenvalue weighted by atomic mass is 16.5. The van der Waals surface area contributed by atoms with Crippen molar-refractivity contribution < 1.29 is 14.3 Å². The Labute approximate surface area is 149 Å². The third-order valence-corrected chi connectivity index (χ3v) is 4.30. The molecule has 2 atom stereocenters. The lowest BCUT2D eigenvalue weighted by atomic mass is 10.1. The van der Waals surface area contributed by atoms with Gasteiger partial charge < -0.3 is 14.5 Å². The Morgan fingerprint density at radius 2 is 2.00 bits per heavy atom. The normalized spacial score (nSPS) is 20.0. The van der Waals surface area contributed by atoms with Gasteiger partial charge in [-0.2, -0.15) is 5.26 Å². The second kappa shape index (κ2) is 9.19. The summed E-state index contributed by atoms with van der Waals surface area (Å²) in [7, 11) is 0. The van der Waals surface area contributed by atoms with Crippen molar-refractivity contribution in [1.82, 2.24) is 4.90 Å². The molecule has 2 amide bonds. The molecule has 25 heavy (non-hydrogen) atoms. The molecule has 2 rings (SSSR count). The number of nitriles is 1. The zero-order chi connectivity index (χ0) is 18.2. The van der Waals surface area contributed by atoms with Crippen molar-refractivity contribution in [2.45, 2.75) is 45.3 Å². The van der Waals surface area contributed by atoms with Gasteiger partial charge in [0, 0.05) is 31.6 Å². The number of benzene rings is 1. The summed E-state index contributed by atoms with van der Waals surface area (Å²) in [6.45, 7) is 5.31. The van der Waals surface area contributed by atoms with E-state index in [9.17, 15) is 9.59 Å². The standard InChI is InChI=1S/C19H25N3O3/c1-15-14-25-16(2)13-22(15)19(24)10-9-18(23)21(12-6-11-20)17-7-4-3-5-8-17/h3-5,7-8,15-16H,6,9-10,12-14H2,1-2H3/t15-,16+/m0/s1. The minimum absolute atomic E-state index is 0.0206. The van der Waals surface area contributed by atoms with Gasteiger partial charge in [-0.15, -0.1) is 0 Å². The second-order valence-corrected chi connectivity index (χ2v) is 6.33. The first kappa shape index (κ1) is 18.9. The van der Waals surface area contributed by atoms with Gasteiger partial charge in [0.05, 0.1) is 31.2 Å². The van der Waals surface area contributed by atoms with Crippen LogP contribution in [0.1, 0.15) is 33.1 Å². The van der Waals surface area contributed by atoms with Crippen molar-refractivity contribution in [3.8, 4) is 6.07 Å². The van der Waals surface area contributed by atoms with Crippen LogP contribution in [0.25, 0.3) is 0 Å². The lowest BCUT2D eigenvalue weighted by Crippen LogP contribution is -2.50. The van der Waals surface area contributed by atoms with E-state index in [-0.39, 0.29) is 43.2 Å². The maximum Gasteiger partial charge on any atom is 0.227 e. The van der Waals surface area contributed by atoms with Crippen molar-refractivity contribution in [2.24, 2.45) is 0 Å². The van der Waals surface area contributed by atoms with Crippen molar-refractivity contribution >= 4 is 17.5 Å². The molecule has 0 bridgehead atoms. The van der Waals surface area contributed by atoms with E-state index in [1.807, 2.05) is 44.2 Å². The largest absolute Gasteiger partial charge is 0.375 e. The van der Waals surface area contributed by atoms with Crippen molar-refractivity contribution in [3.05, 3.63) is 30.3 Å². The third kappa shape index (κ3) is 5.30. The molecule has 0 saturated carbocycles. The van der Waals surface area contributed by atoms with E-state index in [0.29, 0.717) is 19.7 Å². The minimum atomic E-state index is -0.135. The van der Waals surface area contributed by atoms with Gasteiger partial charge >= 0.3 is 0 Å². The van der Waals surface area contributed by atoms with Crippen LogP contribution in [0.4, 0.5) is 5.69 Å². The zero-order valence-corrected chi connectivity index (χ0v) is 14.9. The van der Waals surface area contributed by atoms with Crippen molar-refractivity contribution in [2.75, 3.05) is 24.6 Å². The topological polar surface area (TPSA) is 73.6 Å². The molecule has 0 N–H and O–H groups in total. The molecule has 0 radical (unpaired) electrons. The molecule has 0 unspecified atom stereocenters. The number of ether oxygens (including phenoxy) is 1. The highest BCUT2D eigenvalue weighted by molar-refractivity contribution is 5.95. The Balaban J connectivity index is 1.96. The highest BCUT2D eigenvalue weighted by Gasteiger charge is 2.28. The van der Waals surface area contributed by atoms with Crippen LogP contribution in [0, 0.1) is 11.3 Å². The van der Waals surface area contributed by atoms with E-state index in [1.165, 1.54) is 0 Å². The minimum Gasteiger partial charge on any atom is -0.375 e. The quantitative estimate of drug-likeness (QED) is 0.795. The summed E-state index contributed by atoms with van der Waals surface area (Å²) in [6.07, 6.45) is 0.586. The predicted octanol–water partition coefficient (Wildman–Crippen LogP) is 2.35. The van der Waals surface area contributed by atoms with Crippen LogP contribution in [0.15, 0.2) is 30.3 Å². The number of amides is 2. The van der Waals surface area contributed by atoms with Crippen molar-refractivity contribution in [1.29, 1.82) is 5.26 Å². The van der Waals surface area contributed by atoms with Crippen molar-refractivity contribution in [3.63, 3.8) is 0 Å². The fourth-order valence-corrected chi connectivity index (χ4v) is 2.91. The number of hydrogen-bond donors (Lipinski definition) is 0. The van der Waals surface area contributed by atoms with Gasteiger partial charge in [0.1, 0.15) is 0 Å². The number of nitrogens with zero attached hydrogens (tertiary/aromatic N) is 3. The van der Waals surface area contributed by atoms with Gasteiger partial charge in [0.25, 0.3) is 0 Å². The van der Waals surface area contributed by atoms with Gasteiger partial charge in [-0.25, -0.2) is 0 Å². The van der Waals surface area contributed by atoms with E-state index < -0.39 is 0 Å². The molecule has 1 heterocycles. The molecule has 6 nitrogen and oxygen atoms in total. The number of para-hydroxylation sites is 1. The van der Waals surface area contributed by atoms with Gasteiger partial charge in [0.15, 0.2) is 0 Å². The Kier molecular flexibility index (Phi) is 6.96. The first-order valence-corrected chi connectivity index (χ1v) is 8.66. The summed E-state index contributed by atoms with van der Waals surface area (Å²) in [5.41, 5.74) is 0.753. The van der Waals surface area contributed by atoms with Gasteiger partial charge in [-0.1, -0.05) is 18.2 Å². The van der Waals surface area contributed by atoms with Crippen LogP contribution in [0.2, 0.25) is 0 Å². The highest BCUT2D eigenvalue weighted by Crippen LogP contribution is 2.17. The Hall–Kier alpha value is -2.39. The summed E-state index contributed by atoms with van der Waals surface area (Å²) >= 11 is 0. The molecule has 0 spiro atoms. The average Bonchev–Trinajstić information content (AvgIpc) is 2.63. The van der Waals surface area contributed by atoms with Crippen LogP contribution in [0.5, 0.6) is 0 Å². The third-order valence-electron chi connectivity index (χ3n) is 4.30. The van der Waals surface area contributed by atoms with E-state index in [2.05, 4.69) is 6.07 Å². The Morgan fingerprint density at radius 1 is 1.28 bits per heavy atom. The first-order valence-electron chi connectivity index (χ1n) is 8.66. The van der Waals surface area contributed by atoms with Gasteiger partial charge in [-0.3, -0.25) is 9.59 Å². The molecule has 0 aliphatic carbocycles. The molecule has 134 valence electrons. The lowest BCUT2D eigenvalue weighted by molar-refractivity contribution is -0.144. The number of rotatable bonds is 6. The van der Waals surface area contributed by atoms with E-state index >= 15 is 0 Å². The molecule has 1 fully saturated rings. The molecule has 1 aliphatic rings. The smallest absolute Gasteiger partial charge is 0.227 e. The van der Waals surface area contributed by atoms with Gasteiger partial charge in [0.2, 0.25) is 11.8 Å². The second-order valence-electron chi connectivity index (χ2n) is 6.33. The van der Waals surface area contributed by atoms with Gasteiger partial charge in [-0.05, 0) is 26.0 Å². The first-order chi connectivity index (χ1) is 12.0. The summed E-state index contributed by atoms with van der Waals surface area (Å²) in [4.78, 5) is 28.5. The number of anilines is 1. The summed E-state index contributed by atoms with van der Waals surface area (Å²) in [5.74, 6) is -0.159. The number of hydrogen-bond acceptors (Lipinski definition) is 4. The van der Waals surface area contributed by atoms with E-state index in [0.717, 1.165) is 5.69 Å². The molecule has 1 saturated heterocycles. The molecule has 0 aromatic heterocycles. The molecule has 1 aromatic rings.